The highest BCUT2D eigenvalue weighted by Gasteiger charge is 2.11. The average Bonchev–Trinajstić information content (AvgIpc) is 2.92. The van der Waals surface area contributed by atoms with Crippen LogP contribution in [0.3, 0.4) is 0 Å². The fraction of sp³-hybridized carbons (Fsp3) is 0.312. The van der Waals surface area contributed by atoms with E-state index in [-0.39, 0.29) is 6.04 Å². The van der Waals surface area contributed by atoms with Gasteiger partial charge in [-0.15, -0.1) is 0 Å². The third-order valence-electron chi connectivity index (χ3n) is 3.31. The second kappa shape index (κ2) is 6.39. The summed E-state index contributed by atoms with van der Waals surface area (Å²) in [5.74, 6) is 0.914. The second-order valence-corrected chi connectivity index (χ2v) is 4.86. The van der Waals surface area contributed by atoms with Crippen LogP contribution in [0.1, 0.15) is 29.7 Å². The van der Waals surface area contributed by atoms with E-state index in [1.807, 2.05) is 18.5 Å². The van der Waals surface area contributed by atoms with Gasteiger partial charge in [-0.3, -0.25) is 0 Å². The predicted molar refractivity (Wildman–Crippen MR) is 81.6 cm³/mol. The zero-order valence-corrected chi connectivity index (χ0v) is 12.3. The number of nitrogens with zero attached hydrogens (tertiary/aromatic N) is 2. The molecule has 106 valence electrons. The van der Waals surface area contributed by atoms with Gasteiger partial charge in [0, 0.05) is 36.1 Å². The van der Waals surface area contributed by atoms with Crippen molar-refractivity contribution in [2.75, 3.05) is 7.11 Å². The molecule has 20 heavy (non-hydrogen) atoms. The smallest absolute Gasteiger partial charge is 0.123 e. The fourth-order valence-corrected chi connectivity index (χ4v) is 2.14. The van der Waals surface area contributed by atoms with Crippen LogP contribution in [0.15, 0.2) is 37.2 Å². The van der Waals surface area contributed by atoms with Gasteiger partial charge >= 0.3 is 0 Å². The number of aryl methyl sites for hydroxylation is 1. The van der Waals surface area contributed by atoms with Gasteiger partial charge in [-0.2, -0.15) is 5.10 Å². The molecule has 0 spiro atoms. The van der Waals surface area contributed by atoms with E-state index in [1.165, 1.54) is 11.1 Å². The van der Waals surface area contributed by atoms with E-state index in [4.69, 9.17) is 4.74 Å². The first kappa shape index (κ1) is 14.3. The lowest BCUT2D eigenvalue weighted by Crippen LogP contribution is -2.18. The lowest BCUT2D eigenvalue weighted by atomic mass is 10.0. The van der Waals surface area contributed by atoms with Crippen molar-refractivity contribution in [3.63, 3.8) is 0 Å². The summed E-state index contributed by atoms with van der Waals surface area (Å²) in [7, 11) is 1.70. The number of nitrogens with one attached hydrogen (secondary N) is 1. The van der Waals surface area contributed by atoms with Crippen molar-refractivity contribution in [2.45, 2.75) is 26.4 Å². The number of hydrogen-bond donors (Lipinski definition) is 1. The zero-order valence-electron chi connectivity index (χ0n) is 12.3. The molecule has 4 nitrogen and oxygen atoms in total. The summed E-state index contributed by atoms with van der Waals surface area (Å²) in [6.07, 6.45) is 5.48. The van der Waals surface area contributed by atoms with Crippen LogP contribution in [0.25, 0.3) is 6.20 Å². The third kappa shape index (κ3) is 3.27. The Morgan fingerprint density at radius 1 is 1.50 bits per heavy atom. The van der Waals surface area contributed by atoms with Crippen LogP contribution in [0.2, 0.25) is 0 Å². The van der Waals surface area contributed by atoms with Gasteiger partial charge in [0.15, 0.2) is 0 Å². The number of aromatic nitrogens is 2. The molecule has 0 bridgehead atoms. The Kier molecular flexibility index (Phi) is 4.58. The SMILES string of the molecule is C=Cn1cc(CNC(C)c2cc(C)ccc2OC)cn1. The monoisotopic (exact) mass is 271 g/mol. The minimum Gasteiger partial charge on any atom is -0.496 e. The molecule has 2 aromatic rings. The van der Waals surface area contributed by atoms with Gasteiger partial charge in [-0.05, 0) is 19.9 Å². The molecule has 0 aliphatic rings. The van der Waals surface area contributed by atoms with Crippen LogP contribution in [0.4, 0.5) is 0 Å². The molecule has 1 aromatic heterocycles. The van der Waals surface area contributed by atoms with Gasteiger partial charge < -0.3 is 10.1 Å². The Balaban J connectivity index is 2.06. The highest BCUT2D eigenvalue weighted by atomic mass is 16.5. The maximum Gasteiger partial charge on any atom is 0.123 e. The highest BCUT2D eigenvalue weighted by molar-refractivity contribution is 5.38. The molecular formula is C16H21N3O. The molecule has 0 saturated carbocycles. The van der Waals surface area contributed by atoms with E-state index >= 15 is 0 Å². The minimum absolute atomic E-state index is 0.205. The Labute approximate surface area is 120 Å². The average molecular weight is 271 g/mol. The Hall–Kier alpha value is -2.07. The first-order chi connectivity index (χ1) is 9.63. The van der Waals surface area contributed by atoms with Gasteiger partial charge in [0.1, 0.15) is 5.75 Å². The van der Waals surface area contributed by atoms with E-state index in [9.17, 15) is 0 Å². The maximum atomic E-state index is 5.43. The summed E-state index contributed by atoms with van der Waals surface area (Å²) in [6.45, 7) is 8.66. The molecule has 1 unspecified atom stereocenters. The van der Waals surface area contributed by atoms with Crippen LogP contribution < -0.4 is 10.1 Å². The Bertz CT molecular complexity index is 589. The van der Waals surface area contributed by atoms with E-state index in [1.54, 1.807) is 18.0 Å². The van der Waals surface area contributed by atoms with Gasteiger partial charge in [0.05, 0.1) is 13.3 Å². The number of benzene rings is 1. The van der Waals surface area contributed by atoms with E-state index in [0.717, 1.165) is 17.9 Å². The lowest BCUT2D eigenvalue weighted by molar-refractivity contribution is 0.401. The van der Waals surface area contributed by atoms with Gasteiger partial charge in [0.2, 0.25) is 0 Å². The van der Waals surface area contributed by atoms with Gasteiger partial charge in [-0.1, -0.05) is 24.3 Å². The standard InChI is InChI=1S/C16H21N3O/c1-5-19-11-14(10-18-19)9-17-13(3)15-8-12(2)6-7-16(15)20-4/h5-8,10-11,13,17H,1,9H2,2-4H3. The molecule has 1 N–H and O–H groups in total. The van der Waals surface area contributed by atoms with Gasteiger partial charge in [-0.25, -0.2) is 4.68 Å². The maximum absolute atomic E-state index is 5.43. The first-order valence-electron chi connectivity index (χ1n) is 6.67. The van der Waals surface area contributed by atoms with Crippen molar-refractivity contribution < 1.29 is 4.74 Å². The van der Waals surface area contributed by atoms with Gasteiger partial charge in [0.25, 0.3) is 0 Å². The molecule has 0 aliphatic heterocycles. The zero-order chi connectivity index (χ0) is 14.5. The fourth-order valence-electron chi connectivity index (χ4n) is 2.14. The van der Waals surface area contributed by atoms with Crippen LogP contribution in [0.5, 0.6) is 5.75 Å². The topological polar surface area (TPSA) is 39.1 Å². The molecular weight excluding hydrogens is 250 g/mol. The molecule has 1 aromatic carbocycles. The largest absolute Gasteiger partial charge is 0.496 e. The summed E-state index contributed by atoms with van der Waals surface area (Å²) in [5, 5.41) is 7.65. The first-order valence-corrected chi connectivity index (χ1v) is 6.67. The van der Waals surface area contributed by atoms with Crippen LogP contribution in [-0.4, -0.2) is 16.9 Å². The van der Waals surface area contributed by atoms with E-state index in [2.05, 4.69) is 43.0 Å². The Morgan fingerprint density at radius 2 is 2.30 bits per heavy atom. The summed E-state index contributed by atoms with van der Waals surface area (Å²) in [4.78, 5) is 0. The predicted octanol–water partition coefficient (Wildman–Crippen LogP) is 3.15. The highest BCUT2D eigenvalue weighted by Crippen LogP contribution is 2.26. The van der Waals surface area contributed by atoms with Crippen LogP contribution in [0, 0.1) is 6.92 Å². The molecule has 4 heteroatoms. The second-order valence-electron chi connectivity index (χ2n) is 4.86. The molecule has 0 amide bonds. The molecule has 0 radical (unpaired) electrons. The molecule has 2 rings (SSSR count). The van der Waals surface area contributed by atoms with Crippen molar-refractivity contribution in [1.29, 1.82) is 0 Å². The summed E-state index contributed by atoms with van der Waals surface area (Å²) < 4.78 is 7.13. The quantitative estimate of drug-likeness (QED) is 0.877. The van der Waals surface area contributed by atoms with Crippen molar-refractivity contribution in [3.05, 3.63) is 53.9 Å². The lowest BCUT2D eigenvalue weighted by Gasteiger charge is -2.17. The van der Waals surface area contributed by atoms with Crippen molar-refractivity contribution in [3.8, 4) is 5.75 Å². The van der Waals surface area contributed by atoms with E-state index in [0.29, 0.717) is 0 Å². The minimum atomic E-state index is 0.205. The summed E-state index contributed by atoms with van der Waals surface area (Å²) in [6, 6.07) is 6.43. The van der Waals surface area contributed by atoms with Crippen molar-refractivity contribution in [1.82, 2.24) is 15.1 Å². The third-order valence-corrected chi connectivity index (χ3v) is 3.31. The summed E-state index contributed by atoms with van der Waals surface area (Å²) >= 11 is 0. The number of hydrogen-bond acceptors (Lipinski definition) is 3. The van der Waals surface area contributed by atoms with Crippen LogP contribution >= 0.6 is 0 Å². The van der Waals surface area contributed by atoms with Crippen molar-refractivity contribution in [2.24, 2.45) is 0 Å². The number of rotatable bonds is 6. The molecule has 1 atom stereocenters. The molecule has 0 aliphatic carbocycles. The Morgan fingerprint density at radius 3 is 2.95 bits per heavy atom. The van der Waals surface area contributed by atoms with Crippen LogP contribution in [-0.2, 0) is 6.54 Å². The molecule has 1 heterocycles. The molecule has 0 saturated heterocycles. The number of methoxy groups -OCH3 is 1. The number of ether oxygens (including phenoxy) is 1. The van der Waals surface area contributed by atoms with Crippen molar-refractivity contribution >= 4 is 6.20 Å². The van der Waals surface area contributed by atoms with E-state index < -0.39 is 0 Å². The normalized spacial score (nSPS) is 12.2. The molecule has 0 fully saturated rings. The summed E-state index contributed by atoms with van der Waals surface area (Å²) in [5.41, 5.74) is 3.53.